The van der Waals surface area contributed by atoms with Crippen molar-refractivity contribution in [2.45, 2.75) is 0 Å². The Kier molecular flexibility index (Phi) is 3.57. The van der Waals surface area contributed by atoms with Crippen LogP contribution in [0.5, 0.6) is 0 Å². The number of benzene rings is 1. The maximum absolute atomic E-state index is 11.4. The number of aromatic nitrogens is 4. The first-order chi connectivity index (χ1) is 9.15. The van der Waals surface area contributed by atoms with Crippen LogP contribution < -0.4 is 5.32 Å². The van der Waals surface area contributed by atoms with Gasteiger partial charge in [0.2, 0.25) is 0 Å². The summed E-state index contributed by atoms with van der Waals surface area (Å²) in [6, 6.07) is 5.79. The van der Waals surface area contributed by atoms with E-state index in [0.717, 1.165) is 0 Å². The Hall–Kier alpha value is -3.10. The highest BCUT2D eigenvalue weighted by Crippen LogP contribution is 2.12. The summed E-state index contributed by atoms with van der Waals surface area (Å²) in [5.41, 5.74) is 0.655. The Morgan fingerprint density at radius 3 is 2.68 bits per heavy atom. The monoisotopic (exact) mass is 260 g/mol. The number of amides is 1. The lowest BCUT2D eigenvalue weighted by Gasteiger charge is -1.95. The first kappa shape index (κ1) is 12.4. The highest BCUT2D eigenvalue weighted by atomic mass is 16.6. The first-order valence-electron chi connectivity index (χ1n) is 5.12. The highest BCUT2D eigenvalue weighted by molar-refractivity contribution is 6.00. The lowest BCUT2D eigenvalue weighted by molar-refractivity contribution is -0.384. The maximum Gasteiger partial charge on any atom is 0.270 e. The molecular weight excluding hydrogens is 252 g/mol. The van der Waals surface area contributed by atoms with Crippen LogP contribution in [0.1, 0.15) is 5.56 Å². The van der Waals surface area contributed by atoms with Crippen LogP contribution in [-0.2, 0) is 4.79 Å². The summed E-state index contributed by atoms with van der Waals surface area (Å²) in [4.78, 5) is 21.4. The second-order valence-electron chi connectivity index (χ2n) is 3.41. The standard InChI is InChI=1S/C10H8N6O3/c17-9(11-10-12-14-15-13-10)6-3-7-1-4-8(5-2-7)16(18)19/h1-6H,(H2,11,12,13,14,15,17)/b6-3+. The van der Waals surface area contributed by atoms with Crippen molar-refractivity contribution in [3.8, 4) is 0 Å². The number of hydrogen-bond acceptors (Lipinski definition) is 6. The van der Waals surface area contributed by atoms with Crippen LogP contribution >= 0.6 is 0 Å². The molecule has 19 heavy (non-hydrogen) atoms. The van der Waals surface area contributed by atoms with E-state index in [4.69, 9.17) is 0 Å². The van der Waals surface area contributed by atoms with Crippen LogP contribution in [0.3, 0.4) is 0 Å². The predicted molar refractivity (Wildman–Crippen MR) is 64.9 cm³/mol. The second kappa shape index (κ2) is 5.49. The Bertz CT molecular complexity index is 605. The molecule has 96 valence electrons. The summed E-state index contributed by atoms with van der Waals surface area (Å²) in [5, 5.41) is 25.4. The topological polar surface area (TPSA) is 127 Å². The summed E-state index contributed by atoms with van der Waals surface area (Å²) >= 11 is 0. The zero-order valence-electron chi connectivity index (χ0n) is 9.48. The van der Waals surface area contributed by atoms with E-state index in [1.165, 1.54) is 36.4 Å². The third kappa shape index (κ3) is 3.43. The van der Waals surface area contributed by atoms with E-state index in [9.17, 15) is 14.9 Å². The van der Waals surface area contributed by atoms with Gasteiger partial charge in [0, 0.05) is 18.2 Å². The summed E-state index contributed by atoms with van der Waals surface area (Å²) in [6.07, 6.45) is 2.77. The fourth-order valence-corrected chi connectivity index (χ4v) is 1.25. The van der Waals surface area contributed by atoms with E-state index < -0.39 is 10.8 Å². The second-order valence-corrected chi connectivity index (χ2v) is 3.41. The van der Waals surface area contributed by atoms with Crippen molar-refractivity contribution in [1.82, 2.24) is 20.6 Å². The van der Waals surface area contributed by atoms with Gasteiger partial charge in [-0.15, -0.1) is 5.10 Å². The largest absolute Gasteiger partial charge is 0.288 e. The summed E-state index contributed by atoms with van der Waals surface area (Å²) in [5.74, 6) is -0.363. The van der Waals surface area contributed by atoms with E-state index >= 15 is 0 Å². The molecule has 1 heterocycles. The number of tetrazole rings is 1. The smallest absolute Gasteiger partial charge is 0.270 e. The molecule has 0 aliphatic carbocycles. The van der Waals surface area contributed by atoms with E-state index in [1.54, 1.807) is 0 Å². The first-order valence-corrected chi connectivity index (χ1v) is 5.12. The van der Waals surface area contributed by atoms with E-state index in [0.29, 0.717) is 5.56 Å². The average molecular weight is 260 g/mol. The minimum Gasteiger partial charge on any atom is -0.288 e. The number of hydrogen-bond donors (Lipinski definition) is 2. The predicted octanol–water partition coefficient (Wildman–Crippen LogP) is 0.760. The van der Waals surface area contributed by atoms with Crippen molar-refractivity contribution in [1.29, 1.82) is 0 Å². The van der Waals surface area contributed by atoms with E-state index in [1.807, 2.05) is 0 Å². The van der Waals surface area contributed by atoms with Crippen molar-refractivity contribution in [2.24, 2.45) is 0 Å². The van der Waals surface area contributed by atoms with E-state index in [2.05, 4.69) is 25.9 Å². The molecule has 9 heteroatoms. The van der Waals surface area contributed by atoms with Crippen molar-refractivity contribution in [3.63, 3.8) is 0 Å². The van der Waals surface area contributed by atoms with Crippen molar-refractivity contribution >= 4 is 23.6 Å². The molecule has 0 bridgehead atoms. The summed E-state index contributed by atoms with van der Waals surface area (Å²) in [6.45, 7) is 0. The molecule has 0 unspecified atom stereocenters. The number of non-ortho nitro benzene ring substituents is 1. The number of carbonyl (C=O) groups is 1. The third-order valence-electron chi connectivity index (χ3n) is 2.11. The highest BCUT2D eigenvalue weighted by Gasteiger charge is 2.03. The number of nitrogens with one attached hydrogen (secondary N) is 2. The van der Waals surface area contributed by atoms with Gasteiger partial charge >= 0.3 is 0 Å². The average Bonchev–Trinajstić information content (AvgIpc) is 2.89. The van der Waals surface area contributed by atoms with Crippen LogP contribution in [0.2, 0.25) is 0 Å². The van der Waals surface area contributed by atoms with Crippen LogP contribution in [-0.4, -0.2) is 31.5 Å². The van der Waals surface area contributed by atoms with Gasteiger partial charge in [-0.3, -0.25) is 20.2 Å². The number of aromatic amines is 1. The molecule has 0 atom stereocenters. The van der Waals surface area contributed by atoms with Crippen molar-refractivity contribution < 1.29 is 9.72 Å². The Labute approximate surface area is 106 Å². The quantitative estimate of drug-likeness (QED) is 0.474. The van der Waals surface area contributed by atoms with Gasteiger partial charge in [-0.1, -0.05) is 5.10 Å². The Balaban J connectivity index is 1.98. The van der Waals surface area contributed by atoms with Gasteiger partial charge in [0.25, 0.3) is 17.5 Å². The number of nitrogens with zero attached hydrogens (tertiary/aromatic N) is 4. The number of nitro groups is 1. The fourth-order valence-electron chi connectivity index (χ4n) is 1.25. The van der Waals surface area contributed by atoms with Gasteiger partial charge in [-0.25, -0.2) is 0 Å². The van der Waals surface area contributed by atoms with Crippen molar-refractivity contribution in [3.05, 3.63) is 46.0 Å². The summed E-state index contributed by atoms with van der Waals surface area (Å²) in [7, 11) is 0. The number of rotatable bonds is 4. The fraction of sp³-hybridized carbons (Fsp3) is 0. The molecule has 0 fully saturated rings. The molecule has 1 amide bonds. The number of H-pyrrole nitrogens is 1. The SMILES string of the molecule is O=C(/C=C/c1ccc([N+](=O)[O-])cc1)Nc1nn[nH]n1. The molecule has 1 aromatic heterocycles. The van der Waals surface area contributed by atoms with Gasteiger partial charge in [0.15, 0.2) is 0 Å². The maximum atomic E-state index is 11.4. The van der Waals surface area contributed by atoms with Crippen LogP contribution in [0.4, 0.5) is 11.6 Å². The Morgan fingerprint density at radius 2 is 2.11 bits per heavy atom. The molecule has 9 nitrogen and oxygen atoms in total. The van der Waals surface area contributed by atoms with Gasteiger partial charge in [0.1, 0.15) is 0 Å². The van der Waals surface area contributed by atoms with Gasteiger partial charge in [0.05, 0.1) is 4.92 Å². The number of anilines is 1. The molecule has 1 aromatic carbocycles. The zero-order chi connectivity index (χ0) is 13.7. The molecule has 0 aliphatic rings. The zero-order valence-corrected chi connectivity index (χ0v) is 9.48. The Morgan fingerprint density at radius 1 is 1.37 bits per heavy atom. The van der Waals surface area contributed by atoms with Crippen LogP contribution in [0, 0.1) is 10.1 Å². The molecule has 2 rings (SSSR count). The van der Waals surface area contributed by atoms with Gasteiger partial charge in [-0.2, -0.15) is 5.21 Å². The third-order valence-corrected chi connectivity index (χ3v) is 2.11. The molecule has 0 aliphatic heterocycles. The lowest BCUT2D eigenvalue weighted by Crippen LogP contribution is -2.09. The molecule has 2 N–H and O–H groups in total. The number of carbonyl (C=O) groups excluding carboxylic acids is 1. The van der Waals surface area contributed by atoms with Crippen LogP contribution in [0.25, 0.3) is 6.08 Å². The van der Waals surface area contributed by atoms with Crippen LogP contribution in [0.15, 0.2) is 30.3 Å². The molecule has 0 saturated carbocycles. The summed E-state index contributed by atoms with van der Waals surface area (Å²) < 4.78 is 0. The normalized spacial score (nSPS) is 10.5. The van der Waals surface area contributed by atoms with E-state index in [-0.39, 0.29) is 11.6 Å². The number of nitro benzene ring substituents is 1. The molecule has 0 radical (unpaired) electrons. The van der Waals surface area contributed by atoms with Crippen molar-refractivity contribution in [2.75, 3.05) is 5.32 Å². The minimum atomic E-state index is -0.490. The molecule has 2 aromatic rings. The molecular formula is C10H8N6O3. The molecule has 0 spiro atoms. The lowest BCUT2D eigenvalue weighted by atomic mass is 10.2. The van der Waals surface area contributed by atoms with Gasteiger partial charge < -0.3 is 0 Å². The minimum absolute atomic E-state index is 0.00611. The molecule has 0 saturated heterocycles. The van der Waals surface area contributed by atoms with Gasteiger partial charge in [-0.05, 0) is 29.0 Å².